The first-order valence-corrected chi connectivity index (χ1v) is 14.9. The molecule has 0 aliphatic rings. The lowest BCUT2D eigenvalue weighted by Crippen LogP contribution is -2.47. The monoisotopic (exact) mass is 569 g/mol. The number of carbonyl (C=O) groups is 2. The predicted octanol–water partition coefficient (Wildman–Crippen LogP) is 4.50. The van der Waals surface area contributed by atoms with E-state index in [9.17, 15) is 18.0 Å². The molecule has 216 valence electrons. The van der Waals surface area contributed by atoms with Gasteiger partial charge in [-0.05, 0) is 31.5 Å². The number of nitrogens with zero attached hydrogens (tertiary/aromatic N) is 3. The van der Waals surface area contributed by atoms with Gasteiger partial charge in [0, 0.05) is 23.4 Å². The van der Waals surface area contributed by atoms with Crippen molar-refractivity contribution in [1.82, 2.24) is 24.8 Å². The normalized spacial score (nSPS) is 13.4. The molecule has 2 N–H and O–H groups in total. The molecular weight excluding hydrogens is 530 g/mol. The zero-order valence-electron chi connectivity index (χ0n) is 23.8. The van der Waals surface area contributed by atoms with Gasteiger partial charge in [0.05, 0.1) is 24.8 Å². The Balaban J connectivity index is 1.65. The molecule has 0 saturated carbocycles. The van der Waals surface area contributed by atoms with Crippen molar-refractivity contribution in [3.05, 3.63) is 66.5 Å². The number of benzene rings is 1. The van der Waals surface area contributed by atoms with Gasteiger partial charge in [0.1, 0.15) is 6.10 Å². The maximum atomic E-state index is 13.0. The van der Waals surface area contributed by atoms with E-state index in [1.807, 2.05) is 71.1 Å². The van der Waals surface area contributed by atoms with Gasteiger partial charge in [0.2, 0.25) is 0 Å². The number of rotatable bonds is 13. The number of aromatic nitrogens is 3. The minimum atomic E-state index is -3.97. The van der Waals surface area contributed by atoms with Gasteiger partial charge < -0.3 is 10.1 Å². The molecule has 2 atom stereocenters. The van der Waals surface area contributed by atoms with E-state index in [0.29, 0.717) is 19.4 Å². The topological polar surface area (TPSA) is 132 Å². The number of ether oxygens (including phenoxy) is 1. The van der Waals surface area contributed by atoms with Crippen LogP contribution in [0.3, 0.4) is 0 Å². The van der Waals surface area contributed by atoms with E-state index < -0.39 is 46.0 Å². The quantitative estimate of drug-likeness (QED) is 0.310. The van der Waals surface area contributed by atoms with E-state index in [1.165, 1.54) is 12.3 Å². The largest absolute Gasteiger partial charge is 0.444 e. The van der Waals surface area contributed by atoms with Gasteiger partial charge in [-0.1, -0.05) is 76.4 Å². The van der Waals surface area contributed by atoms with Crippen molar-refractivity contribution in [2.75, 3.05) is 6.54 Å². The van der Waals surface area contributed by atoms with Crippen molar-refractivity contribution >= 4 is 21.9 Å². The average Bonchev–Trinajstić information content (AvgIpc) is 3.38. The molecule has 0 aliphatic carbocycles. The van der Waals surface area contributed by atoms with Gasteiger partial charge in [-0.15, -0.1) is 0 Å². The second-order valence-electron chi connectivity index (χ2n) is 10.8. The molecule has 2 heterocycles. The van der Waals surface area contributed by atoms with Crippen molar-refractivity contribution < 1.29 is 22.7 Å². The van der Waals surface area contributed by atoms with Crippen LogP contribution >= 0.6 is 0 Å². The van der Waals surface area contributed by atoms with E-state index in [2.05, 4.69) is 20.1 Å². The maximum Gasteiger partial charge on any atom is 0.408 e. The van der Waals surface area contributed by atoms with Crippen molar-refractivity contribution in [3.63, 3.8) is 0 Å². The second-order valence-corrected chi connectivity index (χ2v) is 12.6. The average molecular weight is 570 g/mol. The fourth-order valence-corrected chi connectivity index (χ4v) is 4.83. The van der Waals surface area contributed by atoms with E-state index in [0.717, 1.165) is 23.2 Å². The van der Waals surface area contributed by atoms with E-state index in [1.54, 1.807) is 16.8 Å². The number of hydrogen-bond donors (Lipinski definition) is 2. The Kier molecular flexibility index (Phi) is 10.6. The summed E-state index contributed by atoms with van der Waals surface area (Å²) in [5.41, 5.74) is 2.55. The fourth-order valence-electron chi connectivity index (χ4n) is 3.90. The third kappa shape index (κ3) is 8.99. The number of Topliss-reactive ketones (excluding diaryl/α,β-unsaturated/α-hetero) is 1. The number of sulfonamides is 1. The molecule has 0 radical (unpaired) electrons. The third-order valence-electron chi connectivity index (χ3n) is 6.43. The van der Waals surface area contributed by atoms with Gasteiger partial charge in [0.15, 0.2) is 10.8 Å². The first-order valence-electron chi connectivity index (χ1n) is 13.4. The fraction of sp³-hybridized carbons (Fsp3) is 0.448. The number of ketones is 1. The number of aryl methyl sites for hydroxylation is 1. The molecule has 2 aromatic heterocycles. The van der Waals surface area contributed by atoms with Crippen LogP contribution in [0, 0.1) is 12.3 Å². The predicted molar refractivity (Wildman–Crippen MR) is 153 cm³/mol. The van der Waals surface area contributed by atoms with Gasteiger partial charge in [0.25, 0.3) is 10.0 Å². The van der Waals surface area contributed by atoms with Crippen LogP contribution in [0.15, 0.2) is 66.0 Å². The van der Waals surface area contributed by atoms with E-state index in [-0.39, 0.29) is 5.03 Å². The summed E-state index contributed by atoms with van der Waals surface area (Å²) in [6.07, 6.45) is 3.73. The maximum absolute atomic E-state index is 13.0. The molecule has 3 rings (SSSR count). The van der Waals surface area contributed by atoms with Crippen LogP contribution in [0.1, 0.15) is 52.5 Å². The number of amides is 1. The summed E-state index contributed by atoms with van der Waals surface area (Å²) >= 11 is 0. The number of hydrogen-bond acceptors (Lipinski definition) is 7. The second kappa shape index (κ2) is 13.7. The third-order valence-corrected chi connectivity index (χ3v) is 7.75. The van der Waals surface area contributed by atoms with E-state index >= 15 is 0 Å². The Labute approximate surface area is 236 Å². The molecule has 40 heavy (non-hydrogen) atoms. The van der Waals surface area contributed by atoms with Gasteiger partial charge in [-0.25, -0.2) is 22.9 Å². The summed E-state index contributed by atoms with van der Waals surface area (Å²) < 4.78 is 34.8. The number of carbonyl (C=O) groups excluding carboxylic acids is 2. The molecular formula is C29H39N5O5S. The van der Waals surface area contributed by atoms with Crippen LogP contribution in [0.25, 0.3) is 11.3 Å². The Morgan fingerprint density at radius 2 is 1.80 bits per heavy atom. The highest BCUT2D eigenvalue weighted by atomic mass is 32.2. The Hall–Kier alpha value is -3.57. The summed E-state index contributed by atoms with van der Waals surface area (Å²) in [6, 6.07) is 13.6. The van der Waals surface area contributed by atoms with Gasteiger partial charge >= 0.3 is 6.09 Å². The summed E-state index contributed by atoms with van der Waals surface area (Å²) in [7, 11) is -3.97. The number of alkyl carbamates (subject to hydrolysis) is 1. The first-order chi connectivity index (χ1) is 18.9. The Bertz CT molecular complexity index is 1370. The summed E-state index contributed by atoms with van der Waals surface area (Å²) in [5.74, 6) is -0.466. The highest BCUT2D eigenvalue weighted by molar-refractivity contribution is 7.89. The van der Waals surface area contributed by atoms with Gasteiger partial charge in [-0.2, -0.15) is 5.10 Å². The smallest absolute Gasteiger partial charge is 0.408 e. The molecule has 0 aliphatic heterocycles. The van der Waals surface area contributed by atoms with Crippen LogP contribution in [0.5, 0.6) is 0 Å². The lowest BCUT2D eigenvalue weighted by Gasteiger charge is -2.31. The van der Waals surface area contributed by atoms with Crippen LogP contribution < -0.4 is 10.0 Å². The molecule has 11 heteroatoms. The molecule has 0 bridgehead atoms. The number of unbranched alkanes of at least 4 members (excludes halogenated alkanes) is 1. The molecule has 1 amide bonds. The van der Waals surface area contributed by atoms with Crippen molar-refractivity contribution in [2.45, 2.75) is 77.6 Å². The highest BCUT2D eigenvalue weighted by Crippen LogP contribution is 2.25. The van der Waals surface area contributed by atoms with Gasteiger partial charge in [-0.3, -0.25) is 9.48 Å². The molecule has 3 aromatic rings. The summed E-state index contributed by atoms with van der Waals surface area (Å²) in [5, 5.41) is 7.13. The van der Waals surface area contributed by atoms with Crippen molar-refractivity contribution in [3.8, 4) is 11.3 Å². The zero-order valence-corrected chi connectivity index (χ0v) is 24.6. The minimum Gasteiger partial charge on any atom is -0.444 e. The van der Waals surface area contributed by atoms with E-state index in [4.69, 9.17) is 4.74 Å². The molecule has 0 fully saturated rings. The van der Waals surface area contributed by atoms with Crippen LogP contribution in [-0.4, -0.2) is 53.7 Å². The van der Waals surface area contributed by atoms with Crippen LogP contribution in [0.2, 0.25) is 0 Å². The standard InChI is InChI=1S/C29H39N5O5S/c1-6-7-10-24(25(35)19-31-40(37,38)27-11-8-9-17-30-27)32-28(36)39-26(29(3,4)5)20-34-18-16-23(33-34)22-14-12-21(2)13-15-22/h8-9,11-18,24,26,31H,6-7,10,19-20H2,1-5H3,(H,32,36)/t24-,26+/m0/s1. The molecule has 1 aromatic carbocycles. The Morgan fingerprint density at radius 3 is 2.42 bits per heavy atom. The van der Waals surface area contributed by atoms with Crippen LogP contribution in [-0.2, 0) is 26.1 Å². The summed E-state index contributed by atoms with van der Waals surface area (Å²) in [4.78, 5) is 29.8. The molecule has 0 spiro atoms. The number of pyridine rings is 1. The molecule has 0 saturated heterocycles. The highest BCUT2D eigenvalue weighted by Gasteiger charge is 2.31. The lowest BCUT2D eigenvalue weighted by molar-refractivity contribution is -0.120. The molecule has 0 unspecified atom stereocenters. The van der Waals surface area contributed by atoms with Crippen LogP contribution in [0.4, 0.5) is 4.79 Å². The number of nitrogens with one attached hydrogen (secondary N) is 2. The summed E-state index contributed by atoms with van der Waals surface area (Å²) in [6.45, 7) is 9.71. The van der Waals surface area contributed by atoms with Crippen molar-refractivity contribution in [2.24, 2.45) is 5.41 Å². The zero-order chi connectivity index (χ0) is 29.3. The lowest BCUT2D eigenvalue weighted by atomic mass is 9.89. The first kappa shape index (κ1) is 31.0. The Morgan fingerprint density at radius 1 is 1.07 bits per heavy atom. The van der Waals surface area contributed by atoms with Crippen molar-refractivity contribution in [1.29, 1.82) is 0 Å². The molecule has 10 nitrogen and oxygen atoms in total. The SMILES string of the molecule is CCCC[C@H](NC(=O)O[C@H](Cn1ccc(-c2ccc(C)cc2)n1)C(C)(C)C)C(=O)CNS(=O)(=O)c1ccccn1. The minimum absolute atomic E-state index is 0.183.